The lowest BCUT2D eigenvalue weighted by molar-refractivity contribution is 0.441. The smallest absolute Gasteiger partial charge is 0.123 e. The second kappa shape index (κ2) is 3.32. The van der Waals surface area contributed by atoms with E-state index in [1.54, 1.807) is 6.07 Å². The van der Waals surface area contributed by atoms with Gasteiger partial charge in [-0.1, -0.05) is 0 Å². The molecule has 0 amide bonds. The Labute approximate surface area is 93.9 Å². The topological polar surface area (TPSA) is 27.8 Å². The van der Waals surface area contributed by atoms with Crippen LogP contribution in [-0.2, 0) is 6.42 Å². The van der Waals surface area contributed by atoms with Gasteiger partial charge in [0.05, 0.1) is 0 Å². The first-order chi connectivity index (χ1) is 7.65. The summed E-state index contributed by atoms with van der Waals surface area (Å²) in [6, 6.07) is 5.72. The summed E-state index contributed by atoms with van der Waals surface area (Å²) in [6.45, 7) is 4.30. The Hall–Kier alpha value is -1.35. The molecule has 0 saturated carbocycles. The van der Waals surface area contributed by atoms with Crippen molar-refractivity contribution in [3.63, 3.8) is 0 Å². The molecule has 1 aliphatic rings. The standard InChI is InChI=1S/C13H15FN2/c1-7-5-11-10-6-9(14)3-4-12(10)16-13(11)8(2)15-7/h3-4,6-8,15-16H,5H2,1-2H3/t7-,8-/m0/s1. The average molecular weight is 218 g/mol. The average Bonchev–Trinajstić information content (AvgIpc) is 2.57. The van der Waals surface area contributed by atoms with Crippen LogP contribution in [0.3, 0.4) is 0 Å². The van der Waals surface area contributed by atoms with Gasteiger partial charge in [-0.25, -0.2) is 4.39 Å². The van der Waals surface area contributed by atoms with Crippen LogP contribution in [0.25, 0.3) is 10.9 Å². The molecule has 1 aromatic heterocycles. The molecule has 0 bridgehead atoms. The monoisotopic (exact) mass is 218 g/mol. The lowest BCUT2D eigenvalue weighted by atomic mass is 9.95. The highest BCUT2D eigenvalue weighted by Crippen LogP contribution is 2.31. The second-order valence-corrected chi connectivity index (χ2v) is 4.70. The zero-order valence-corrected chi connectivity index (χ0v) is 9.47. The number of benzene rings is 1. The predicted molar refractivity (Wildman–Crippen MR) is 63.0 cm³/mol. The molecular weight excluding hydrogens is 203 g/mol. The van der Waals surface area contributed by atoms with Gasteiger partial charge in [0.15, 0.2) is 0 Å². The van der Waals surface area contributed by atoms with Gasteiger partial charge in [0, 0.05) is 28.7 Å². The molecule has 3 heteroatoms. The molecule has 2 aromatic rings. The van der Waals surface area contributed by atoms with Gasteiger partial charge in [-0.05, 0) is 44.0 Å². The highest BCUT2D eigenvalue weighted by atomic mass is 19.1. The van der Waals surface area contributed by atoms with E-state index in [2.05, 4.69) is 24.1 Å². The molecule has 0 radical (unpaired) electrons. The molecule has 84 valence electrons. The third-order valence-corrected chi connectivity index (χ3v) is 3.38. The Balaban J connectivity index is 2.27. The number of aromatic nitrogens is 1. The van der Waals surface area contributed by atoms with E-state index < -0.39 is 0 Å². The van der Waals surface area contributed by atoms with Crippen LogP contribution in [0.15, 0.2) is 18.2 Å². The van der Waals surface area contributed by atoms with Crippen LogP contribution in [0, 0.1) is 5.82 Å². The van der Waals surface area contributed by atoms with Crippen LogP contribution < -0.4 is 5.32 Å². The maximum atomic E-state index is 13.2. The van der Waals surface area contributed by atoms with Gasteiger partial charge >= 0.3 is 0 Å². The number of rotatable bonds is 0. The van der Waals surface area contributed by atoms with E-state index in [0.29, 0.717) is 12.1 Å². The van der Waals surface area contributed by atoms with E-state index in [1.165, 1.54) is 17.3 Å². The van der Waals surface area contributed by atoms with Crippen LogP contribution >= 0.6 is 0 Å². The lowest BCUT2D eigenvalue weighted by Gasteiger charge is -2.26. The van der Waals surface area contributed by atoms with Crippen molar-refractivity contribution in [1.82, 2.24) is 10.3 Å². The van der Waals surface area contributed by atoms with Crippen molar-refractivity contribution in [1.29, 1.82) is 0 Å². The zero-order chi connectivity index (χ0) is 11.3. The highest BCUT2D eigenvalue weighted by Gasteiger charge is 2.24. The minimum atomic E-state index is -0.159. The van der Waals surface area contributed by atoms with Gasteiger partial charge < -0.3 is 10.3 Å². The van der Waals surface area contributed by atoms with E-state index >= 15 is 0 Å². The summed E-state index contributed by atoms with van der Waals surface area (Å²) in [5.41, 5.74) is 3.51. The number of hydrogen-bond donors (Lipinski definition) is 2. The van der Waals surface area contributed by atoms with Gasteiger partial charge in [0.25, 0.3) is 0 Å². The van der Waals surface area contributed by atoms with Gasteiger partial charge in [0.1, 0.15) is 5.82 Å². The molecule has 16 heavy (non-hydrogen) atoms. The van der Waals surface area contributed by atoms with E-state index in [-0.39, 0.29) is 5.82 Å². The molecule has 0 spiro atoms. The Bertz CT molecular complexity index is 544. The predicted octanol–water partition coefficient (Wildman–Crippen LogP) is 2.90. The van der Waals surface area contributed by atoms with Crippen LogP contribution in [0.2, 0.25) is 0 Å². The fourth-order valence-corrected chi connectivity index (χ4v) is 2.71. The highest BCUT2D eigenvalue weighted by molar-refractivity contribution is 5.85. The number of aromatic amines is 1. The number of hydrogen-bond acceptors (Lipinski definition) is 1. The third kappa shape index (κ3) is 1.35. The molecular formula is C13H15FN2. The lowest BCUT2D eigenvalue weighted by Crippen LogP contribution is -2.35. The van der Waals surface area contributed by atoms with Crippen molar-refractivity contribution in [3.8, 4) is 0 Å². The van der Waals surface area contributed by atoms with Crippen molar-refractivity contribution in [2.45, 2.75) is 32.4 Å². The fourth-order valence-electron chi connectivity index (χ4n) is 2.71. The first-order valence-electron chi connectivity index (χ1n) is 5.71. The fraction of sp³-hybridized carbons (Fsp3) is 0.385. The maximum Gasteiger partial charge on any atom is 0.123 e. The molecule has 0 fully saturated rings. The van der Waals surface area contributed by atoms with Crippen LogP contribution in [0.4, 0.5) is 4.39 Å². The Morgan fingerprint density at radius 2 is 2.12 bits per heavy atom. The van der Waals surface area contributed by atoms with Crippen LogP contribution in [0.1, 0.15) is 31.1 Å². The molecule has 2 nitrogen and oxygen atoms in total. The number of nitrogens with one attached hydrogen (secondary N) is 2. The van der Waals surface area contributed by atoms with Gasteiger partial charge in [-0.15, -0.1) is 0 Å². The van der Waals surface area contributed by atoms with Gasteiger partial charge in [-0.3, -0.25) is 0 Å². The van der Waals surface area contributed by atoms with Gasteiger partial charge in [-0.2, -0.15) is 0 Å². The number of halogens is 1. The summed E-state index contributed by atoms with van der Waals surface area (Å²) in [5, 5.41) is 4.52. The molecule has 3 rings (SSSR count). The van der Waals surface area contributed by atoms with Crippen molar-refractivity contribution in [2.24, 2.45) is 0 Å². The van der Waals surface area contributed by atoms with E-state index in [1.807, 2.05) is 6.07 Å². The number of H-pyrrole nitrogens is 1. The summed E-state index contributed by atoms with van der Waals surface area (Å²) in [5.74, 6) is -0.159. The molecule has 0 saturated heterocycles. The quantitative estimate of drug-likeness (QED) is 0.699. The second-order valence-electron chi connectivity index (χ2n) is 4.70. The van der Waals surface area contributed by atoms with Crippen LogP contribution in [-0.4, -0.2) is 11.0 Å². The van der Waals surface area contributed by atoms with Gasteiger partial charge in [0.2, 0.25) is 0 Å². The first kappa shape index (κ1) is 9.85. The van der Waals surface area contributed by atoms with Crippen molar-refractivity contribution in [3.05, 3.63) is 35.3 Å². The molecule has 2 heterocycles. The number of fused-ring (bicyclic) bond motifs is 3. The maximum absolute atomic E-state index is 13.2. The first-order valence-corrected chi connectivity index (χ1v) is 5.71. The largest absolute Gasteiger partial charge is 0.357 e. The van der Waals surface area contributed by atoms with Crippen LogP contribution in [0.5, 0.6) is 0 Å². The minimum Gasteiger partial charge on any atom is -0.357 e. The van der Waals surface area contributed by atoms with E-state index in [0.717, 1.165) is 17.3 Å². The zero-order valence-electron chi connectivity index (χ0n) is 9.47. The van der Waals surface area contributed by atoms with Crippen molar-refractivity contribution < 1.29 is 4.39 Å². The van der Waals surface area contributed by atoms with Crippen molar-refractivity contribution in [2.75, 3.05) is 0 Å². The molecule has 2 N–H and O–H groups in total. The Morgan fingerprint density at radius 3 is 2.94 bits per heavy atom. The third-order valence-electron chi connectivity index (χ3n) is 3.38. The summed E-state index contributed by atoms with van der Waals surface area (Å²) >= 11 is 0. The summed E-state index contributed by atoms with van der Waals surface area (Å²) in [6.07, 6.45) is 0.961. The Morgan fingerprint density at radius 1 is 1.31 bits per heavy atom. The summed E-state index contributed by atoms with van der Waals surface area (Å²) in [7, 11) is 0. The normalized spacial score (nSPS) is 24.7. The van der Waals surface area contributed by atoms with E-state index in [4.69, 9.17) is 0 Å². The summed E-state index contributed by atoms with van der Waals surface area (Å²) in [4.78, 5) is 3.38. The van der Waals surface area contributed by atoms with Crippen molar-refractivity contribution >= 4 is 10.9 Å². The molecule has 1 aromatic carbocycles. The SMILES string of the molecule is C[C@@H]1N[C@@H](C)Cc2c1[nH]c1ccc(F)cc21. The molecule has 0 unspecified atom stereocenters. The molecule has 1 aliphatic heterocycles. The molecule has 0 aliphatic carbocycles. The summed E-state index contributed by atoms with van der Waals surface area (Å²) < 4.78 is 13.2. The minimum absolute atomic E-state index is 0.159. The van der Waals surface area contributed by atoms with E-state index in [9.17, 15) is 4.39 Å². The molecule has 2 atom stereocenters. The Kier molecular flexibility index (Phi) is 2.04.